The van der Waals surface area contributed by atoms with Crippen molar-refractivity contribution in [3.8, 4) is 16.9 Å². The number of hydrogen-bond donors (Lipinski definition) is 1. The van der Waals surface area contributed by atoms with E-state index in [2.05, 4.69) is 0 Å². The second kappa shape index (κ2) is 8.94. The SMILES string of the molecule is CC(C)c1cc2c(c(-c3ccc(F)cc3)c1C(F)c1ccc(C(F)(F)F)cc1)[C@@H](O)CC(C)(C)O2. The van der Waals surface area contributed by atoms with E-state index in [1.54, 1.807) is 6.07 Å². The lowest BCUT2D eigenvalue weighted by molar-refractivity contribution is -0.137. The van der Waals surface area contributed by atoms with Gasteiger partial charge in [-0.3, -0.25) is 0 Å². The van der Waals surface area contributed by atoms with Crippen molar-refractivity contribution in [2.75, 3.05) is 0 Å². The average Bonchev–Trinajstić information content (AvgIpc) is 2.76. The fourth-order valence-electron chi connectivity index (χ4n) is 4.72. The minimum absolute atomic E-state index is 0.0507. The molecule has 7 heteroatoms. The molecule has 186 valence electrons. The molecule has 4 rings (SSSR count). The topological polar surface area (TPSA) is 29.5 Å². The highest BCUT2D eigenvalue weighted by Crippen LogP contribution is 2.51. The van der Waals surface area contributed by atoms with Crippen LogP contribution in [0.5, 0.6) is 5.75 Å². The minimum atomic E-state index is -4.53. The Bertz CT molecular complexity index is 1210. The molecule has 2 atom stereocenters. The third kappa shape index (κ3) is 4.92. The van der Waals surface area contributed by atoms with E-state index in [1.165, 1.54) is 24.3 Å². The largest absolute Gasteiger partial charge is 0.487 e. The highest BCUT2D eigenvalue weighted by molar-refractivity contribution is 5.78. The Hall–Kier alpha value is -2.93. The Balaban J connectivity index is 2.00. The van der Waals surface area contributed by atoms with Gasteiger partial charge in [-0.2, -0.15) is 13.2 Å². The lowest BCUT2D eigenvalue weighted by Crippen LogP contribution is -2.35. The lowest BCUT2D eigenvalue weighted by atomic mass is 9.78. The van der Waals surface area contributed by atoms with E-state index >= 15 is 4.39 Å². The predicted molar refractivity (Wildman–Crippen MR) is 125 cm³/mol. The number of ether oxygens (including phenoxy) is 1. The van der Waals surface area contributed by atoms with E-state index in [0.29, 0.717) is 28.0 Å². The predicted octanol–water partition coefficient (Wildman–Crippen LogP) is 8.29. The van der Waals surface area contributed by atoms with Crippen LogP contribution in [0.25, 0.3) is 11.1 Å². The molecular formula is C28H27F5O2. The Morgan fingerprint density at radius 3 is 2.14 bits per heavy atom. The highest BCUT2D eigenvalue weighted by Gasteiger charge is 2.38. The van der Waals surface area contributed by atoms with Crippen LogP contribution in [0.3, 0.4) is 0 Å². The first-order valence-electron chi connectivity index (χ1n) is 11.4. The zero-order chi connectivity index (χ0) is 25.7. The molecular weight excluding hydrogens is 463 g/mol. The summed E-state index contributed by atoms with van der Waals surface area (Å²) in [5.41, 5.74) is 0.601. The molecule has 0 radical (unpaired) electrons. The lowest BCUT2D eigenvalue weighted by Gasteiger charge is -2.38. The van der Waals surface area contributed by atoms with Crippen LogP contribution >= 0.6 is 0 Å². The third-order valence-corrected chi connectivity index (χ3v) is 6.35. The maximum absolute atomic E-state index is 16.3. The van der Waals surface area contributed by atoms with E-state index in [0.717, 1.165) is 24.3 Å². The second-order valence-corrected chi connectivity index (χ2v) is 9.89. The van der Waals surface area contributed by atoms with Gasteiger partial charge in [0.2, 0.25) is 0 Å². The maximum atomic E-state index is 16.3. The van der Waals surface area contributed by atoms with Gasteiger partial charge in [0.25, 0.3) is 0 Å². The van der Waals surface area contributed by atoms with Crippen molar-refractivity contribution < 1.29 is 31.8 Å². The van der Waals surface area contributed by atoms with Crippen LogP contribution < -0.4 is 4.74 Å². The number of benzene rings is 3. The molecule has 1 unspecified atom stereocenters. The summed E-state index contributed by atoms with van der Waals surface area (Å²) in [5.74, 6) is -0.227. The van der Waals surface area contributed by atoms with Crippen LogP contribution in [-0.2, 0) is 6.18 Å². The van der Waals surface area contributed by atoms with Crippen LogP contribution in [0.1, 0.15) is 80.1 Å². The van der Waals surface area contributed by atoms with E-state index < -0.39 is 35.4 Å². The molecule has 0 bridgehead atoms. The smallest absolute Gasteiger partial charge is 0.416 e. The number of fused-ring (bicyclic) bond motifs is 1. The summed E-state index contributed by atoms with van der Waals surface area (Å²) in [5, 5.41) is 11.1. The molecule has 35 heavy (non-hydrogen) atoms. The average molecular weight is 491 g/mol. The molecule has 0 amide bonds. The Morgan fingerprint density at radius 1 is 1.00 bits per heavy atom. The summed E-state index contributed by atoms with van der Waals surface area (Å²) < 4.78 is 75.4. The Morgan fingerprint density at radius 2 is 1.60 bits per heavy atom. The van der Waals surface area contributed by atoms with Crippen molar-refractivity contribution in [1.29, 1.82) is 0 Å². The molecule has 0 spiro atoms. The normalized spacial score (nSPS) is 18.2. The third-order valence-electron chi connectivity index (χ3n) is 6.35. The quantitative estimate of drug-likeness (QED) is 0.373. The number of aliphatic hydroxyl groups is 1. The number of alkyl halides is 4. The van der Waals surface area contributed by atoms with Gasteiger partial charge < -0.3 is 9.84 Å². The molecule has 1 aliphatic rings. The summed E-state index contributed by atoms with van der Waals surface area (Å²) in [7, 11) is 0. The Kier molecular flexibility index (Phi) is 6.43. The summed E-state index contributed by atoms with van der Waals surface area (Å²) in [6.07, 6.45) is -7.05. The zero-order valence-corrected chi connectivity index (χ0v) is 19.9. The number of halogens is 5. The Labute approximate surface area is 201 Å². The zero-order valence-electron chi connectivity index (χ0n) is 19.9. The standard InChI is InChI=1S/C28H27F5O2/c1-15(2)20-13-22-25(21(34)14-27(3,4)35-22)23(16-7-11-19(29)12-8-16)24(20)26(30)17-5-9-18(10-6-17)28(31,32)33/h5-13,15,21,26,34H,14H2,1-4H3/t21-,26?/m0/s1. The van der Waals surface area contributed by atoms with Crippen LogP contribution in [0.15, 0.2) is 54.6 Å². The van der Waals surface area contributed by atoms with Crippen molar-refractivity contribution in [1.82, 2.24) is 0 Å². The maximum Gasteiger partial charge on any atom is 0.416 e. The second-order valence-electron chi connectivity index (χ2n) is 9.89. The van der Waals surface area contributed by atoms with Crippen molar-refractivity contribution in [3.05, 3.63) is 88.2 Å². The van der Waals surface area contributed by atoms with Gasteiger partial charge in [-0.15, -0.1) is 0 Å². The van der Waals surface area contributed by atoms with Gasteiger partial charge in [-0.25, -0.2) is 8.78 Å². The monoisotopic (exact) mass is 490 g/mol. The van der Waals surface area contributed by atoms with Crippen LogP contribution in [0.4, 0.5) is 22.0 Å². The van der Waals surface area contributed by atoms with Gasteiger partial charge in [0.1, 0.15) is 17.2 Å². The summed E-state index contributed by atoms with van der Waals surface area (Å²) >= 11 is 0. The van der Waals surface area contributed by atoms with Crippen LogP contribution in [0, 0.1) is 5.82 Å². The van der Waals surface area contributed by atoms with E-state index in [9.17, 15) is 22.7 Å². The molecule has 1 N–H and O–H groups in total. The first-order chi connectivity index (χ1) is 16.3. The number of aliphatic hydroxyl groups excluding tert-OH is 1. The van der Waals surface area contributed by atoms with Gasteiger partial charge in [-0.05, 0) is 72.4 Å². The van der Waals surface area contributed by atoms with E-state index in [1.807, 2.05) is 27.7 Å². The molecule has 2 nitrogen and oxygen atoms in total. The summed E-state index contributed by atoms with van der Waals surface area (Å²) in [6, 6.07) is 11.2. The molecule has 3 aromatic rings. The van der Waals surface area contributed by atoms with Gasteiger partial charge in [0.15, 0.2) is 6.17 Å². The van der Waals surface area contributed by atoms with Crippen molar-refractivity contribution in [2.45, 2.75) is 64.1 Å². The molecule has 0 fully saturated rings. The van der Waals surface area contributed by atoms with Crippen molar-refractivity contribution in [2.24, 2.45) is 0 Å². The summed E-state index contributed by atoms with van der Waals surface area (Å²) in [6.45, 7) is 7.45. The molecule has 1 aliphatic heterocycles. The van der Waals surface area contributed by atoms with Crippen molar-refractivity contribution in [3.63, 3.8) is 0 Å². The molecule has 0 saturated carbocycles. The van der Waals surface area contributed by atoms with Crippen LogP contribution in [-0.4, -0.2) is 10.7 Å². The molecule has 0 aromatic heterocycles. The first kappa shape index (κ1) is 25.2. The summed E-state index contributed by atoms with van der Waals surface area (Å²) in [4.78, 5) is 0. The van der Waals surface area contributed by atoms with Gasteiger partial charge in [-0.1, -0.05) is 38.1 Å². The van der Waals surface area contributed by atoms with Gasteiger partial charge >= 0.3 is 6.18 Å². The van der Waals surface area contributed by atoms with Gasteiger partial charge in [0, 0.05) is 17.5 Å². The molecule has 0 saturated heterocycles. The fourth-order valence-corrected chi connectivity index (χ4v) is 4.72. The van der Waals surface area contributed by atoms with Crippen LogP contribution in [0.2, 0.25) is 0 Å². The van der Waals surface area contributed by atoms with E-state index in [4.69, 9.17) is 4.74 Å². The molecule has 0 aliphatic carbocycles. The molecule has 1 heterocycles. The number of rotatable bonds is 4. The minimum Gasteiger partial charge on any atom is -0.487 e. The van der Waals surface area contributed by atoms with Gasteiger partial charge in [0.05, 0.1) is 11.7 Å². The van der Waals surface area contributed by atoms with E-state index in [-0.39, 0.29) is 23.5 Å². The fraction of sp³-hybridized carbons (Fsp3) is 0.357. The number of hydrogen-bond acceptors (Lipinski definition) is 2. The highest BCUT2D eigenvalue weighted by atomic mass is 19.4. The van der Waals surface area contributed by atoms with Crippen molar-refractivity contribution >= 4 is 0 Å². The first-order valence-corrected chi connectivity index (χ1v) is 11.4. The molecule has 3 aromatic carbocycles.